The smallest absolute Gasteiger partial charge is 0.160 e. The molecule has 1 aliphatic heterocycles. The van der Waals surface area contributed by atoms with Crippen molar-refractivity contribution in [1.29, 1.82) is 0 Å². The molecule has 0 bridgehead atoms. The average Bonchev–Trinajstić information content (AvgIpc) is 3.39. The topological polar surface area (TPSA) is 52.1 Å². The van der Waals surface area contributed by atoms with E-state index in [2.05, 4.69) is 120 Å². The minimum atomic E-state index is -0.382. The van der Waals surface area contributed by atoms with Crippen molar-refractivity contribution in [3.63, 3.8) is 0 Å². The summed E-state index contributed by atoms with van der Waals surface area (Å²) in [5.41, 5.74) is 13.6. The molecule has 5 heteroatoms. The van der Waals surface area contributed by atoms with Crippen molar-refractivity contribution in [1.82, 2.24) is 14.6 Å². The van der Waals surface area contributed by atoms with Gasteiger partial charge in [0.2, 0.25) is 0 Å². The van der Waals surface area contributed by atoms with Crippen molar-refractivity contribution < 1.29 is 0 Å². The van der Waals surface area contributed by atoms with E-state index in [1.807, 2.05) is 37.4 Å². The van der Waals surface area contributed by atoms with Gasteiger partial charge in [0.05, 0.1) is 18.4 Å². The lowest BCUT2D eigenvalue weighted by Crippen LogP contribution is -2.40. The third-order valence-corrected chi connectivity index (χ3v) is 9.37. The lowest BCUT2D eigenvalue weighted by molar-refractivity contribution is 0.478. The first-order valence-electron chi connectivity index (χ1n) is 16.5. The molecule has 0 saturated carbocycles. The molecular weight excluding hydrogens is 589 g/mol. The molecular formula is C43H36N4O. The van der Waals surface area contributed by atoms with E-state index in [0.717, 1.165) is 74.5 Å². The molecule has 5 nitrogen and oxygen atoms in total. The fourth-order valence-corrected chi connectivity index (χ4v) is 6.89. The SMILES string of the molecule is CN1C[N+](C)([O-])c2cccc(-c3ccc(-c4ccc(-c5cc(-c6ccc(C7=CCCC=C7)cc6)nc(-c6ccccc6)n5)cc4)cc3)c21. The summed E-state index contributed by atoms with van der Waals surface area (Å²) in [6.07, 6.45) is 8.95. The fourth-order valence-electron chi connectivity index (χ4n) is 6.89. The first kappa shape index (κ1) is 29.8. The number of allylic oxidation sites excluding steroid dienone is 4. The van der Waals surface area contributed by atoms with Crippen molar-refractivity contribution in [2.24, 2.45) is 0 Å². The first-order chi connectivity index (χ1) is 23.4. The molecule has 234 valence electrons. The van der Waals surface area contributed by atoms with Crippen molar-refractivity contribution in [2.75, 3.05) is 25.7 Å². The predicted octanol–water partition coefficient (Wildman–Crippen LogP) is 10.4. The molecule has 0 fully saturated rings. The Balaban J connectivity index is 1.10. The van der Waals surface area contributed by atoms with E-state index < -0.39 is 0 Å². The summed E-state index contributed by atoms with van der Waals surface area (Å²) in [5, 5.41) is 13.0. The Morgan fingerprint density at radius 1 is 0.604 bits per heavy atom. The summed E-state index contributed by atoms with van der Waals surface area (Å²) in [5.74, 6) is 0.707. The quantitative estimate of drug-likeness (QED) is 0.137. The van der Waals surface area contributed by atoms with Gasteiger partial charge in [-0.1, -0.05) is 133 Å². The molecule has 0 amide bonds. The van der Waals surface area contributed by atoms with Crippen molar-refractivity contribution in [3.8, 4) is 56.2 Å². The third-order valence-electron chi connectivity index (χ3n) is 9.37. The molecule has 2 aliphatic rings. The number of hydrogen-bond acceptors (Lipinski definition) is 4. The van der Waals surface area contributed by atoms with E-state index in [-0.39, 0.29) is 4.65 Å². The minimum absolute atomic E-state index is 0.382. The molecule has 8 rings (SSSR count). The Morgan fingerprint density at radius 3 is 1.79 bits per heavy atom. The fraction of sp³-hybridized carbons (Fsp3) is 0.116. The number of rotatable bonds is 6. The van der Waals surface area contributed by atoms with Gasteiger partial charge in [-0.25, -0.2) is 9.97 Å². The van der Waals surface area contributed by atoms with Crippen LogP contribution in [0, 0.1) is 5.21 Å². The van der Waals surface area contributed by atoms with Gasteiger partial charge in [0, 0.05) is 35.4 Å². The zero-order valence-corrected chi connectivity index (χ0v) is 27.2. The van der Waals surface area contributed by atoms with Gasteiger partial charge in [-0.2, -0.15) is 0 Å². The van der Waals surface area contributed by atoms with Crippen LogP contribution in [0.25, 0.3) is 61.7 Å². The maximum absolute atomic E-state index is 13.0. The highest BCUT2D eigenvalue weighted by atomic mass is 16.5. The predicted molar refractivity (Wildman–Crippen MR) is 200 cm³/mol. The van der Waals surface area contributed by atoms with Gasteiger partial charge in [0.1, 0.15) is 5.69 Å². The maximum atomic E-state index is 13.0. The third kappa shape index (κ3) is 5.64. The van der Waals surface area contributed by atoms with E-state index in [1.54, 1.807) is 7.05 Å². The molecule has 1 unspecified atom stereocenters. The number of aromatic nitrogens is 2. The Morgan fingerprint density at radius 2 is 1.19 bits per heavy atom. The average molecular weight is 625 g/mol. The molecule has 0 N–H and O–H groups in total. The summed E-state index contributed by atoms with van der Waals surface area (Å²) in [6, 6.07) is 44.2. The summed E-state index contributed by atoms with van der Waals surface area (Å²) in [7, 11) is 3.71. The van der Waals surface area contributed by atoms with Gasteiger partial charge in [0.15, 0.2) is 18.2 Å². The summed E-state index contributed by atoms with van der Waals surface area (Å²) in [6.45, 7) is 0.417. The molecule has 48 heavy (non-hydrogen) atoms. The number of anilines is 1. The van der Waals surface area contributed by atoms with E-state index in [4.69, 9.17) is 9.97 Å². The number of quaternary nitrogens is 1. The standard InChI is InChI=1S/C43H36N4O/c1-46-29-47(2,48)41-15-9-14-38(42(41)46)34-22-16-32(17-23-34)33-20-26-36(27-21-33)40-28-39(44-43(45-40)37-12-7-4-8-13-37)35-24-18-31(19-25-35)30-10-5-3-6-11-30/h4-5,7-28H,3,6,29H2,1-2H3. The molecule has 2 heterocycles. The molecule has 1 atom stereocenters. The van der Waals surface area contributed by atoms with Crippen LogP contribution in [0.2, 0.25) is 0 Å². The van der Waals surface area contributed by atoms with Gasteiger partial charge in [0.25, 0.3) is 0 Å². The van der Waals surface area contributed by atoms with E-state index in [9.17, 15) is 5.21 Å². The van der Waals surface area contributed by atoms with E-state index >= 15 is 0 Å². The zero-order valence-electron chi connectivity index (χ0n) is 27.2. The molecule has 5 aromatic carbocycles. The first-order valence-corrected chi connectivity index (χ1v) is 16.5. The normalized spacial score (nSPS) is 16.9. The van der Waals surface area contributed by atoms with Gasteiger partial charge in [-0.05, 0) is 46.7 Å². The van der Waals surface area contributed by atoms with Gasteiger partial charge >= 0.3 is 0 Å². The second-order valence-corrected chi connectivity index (χ2v) is 12.8. The Kier molecular flexibility index (Phi) is 7.56. The number of hydrogen-bond donors (Lipinski definition) is 0. The lowest BCUT2D eigenvalue weighted by Gasteiger charge is -2.33. The van der Waals surface area contributed by atoms with Crippen molar-refractivity contribution >= 4 is 16.9 Å². The van der Waals surface area contributed by atoms with Crippen LogP contribution in [-0.2, 0) is 0 Å². The summed E-state index contributed by atoms with van der Waals surface area (Å²) in [4.78, 5) is 12.1. The Labute approximate surface area is 282 Å². The van der Waals surface area contributed by atoms with Crippen molar-refractivity contribution in [2.45, 2.75) is 12.8 Å². The summed E-state index contributed by atoms with van der Waals surface area (Å²) >= 11 is 0. The van der Waals surface area contributed by atoms with Crippen LogP contribution in [0.4, 0.5) is 11.4 Å². The lowest BCUT2D eigenvalue weighted by atomic mass is 9.97. The van der Waals surface area contributed by atoms with E-state index in [1.165, 1.54) is 11.1 Å². The van der Waals surface area contributed by atoms with Crippen LogP contribution in [-0.4, -0.2) is 30.7 Å². The molecule has 1 aliphatic carbocycles. The van der Waals surface area contributed by atoms with Gasteiger partial charge in [-0.15, -0.1) is 0 Å². The maximum Gasteiger partial charge on any atom is 0.160 e. The van der Waals surface area contributed by atoms with E-state index in [0.29, 0.717) is 12.5 Å². The van der Waals surface area contributed by atoms with Crippen LogP contribution < -0.4 is 9.55 Å². The molecule has 0 saturated heterocycles. The van der Waals surface area contributed by atoms with Crippen LogP contribution in [0.15, 0.2) is 146 Å². The number of hydroxylamine groups is 2. The number of para-hydroxylation sites is 1. The second kappa shape index (κ2) is 12.2. The molecule has 1 aromatic heterocycles. The molecule has 0 radical (unpaired) electrons. The van der Waals surface area contributed by atoms with Crippen LogP contribution in [0.5, 0.6) is 0 Å². The Hall–Kier alpha value is -5.62. The zero-order chi connectivity index (χ0) is 32.7. The monoisotopic (exact) mass is 624 g/mol. The number of fused-ring (bicyclic) bond motifs is 1. The number of nitrogens with zero attached hydrogens (tertiary/aromatic N) is 4. The second-order valence-electron chi connectivity index (χ2n) is 12.8. The van der Waals surface area contributed by atoms with Crippen LogP contribution in [0.3, 0.4) is 0 Å². The van der Waals surface area contributed by atoms with Crippen LogP contribution in [0.1, 0.15) is 18.4 Å². The number of benzene rings is 5. The summed E-state index contributed by atoms with van der Waals surface area (Å²) < 4.78 is -0.382. The highest BCUT2D eigenvalue weighted by Gasteiger charge is 2.33. The van der Waals surface area contributed by atoms with Gasteiger partial charge in [-0.3, -0.25) is 0 Å². The largest absolute Gasteiger partial charge is 0.626 e. The van der Waals surface area contributed by atoms with Gasteiger partial charge < -0.3 is 14.8 Å². The molecule has 6 aromatic rings. The molecule has 0 spiro atoms. The minimum Gasteiger partial charge on any atom is -0.626 e. The Bertz CT molecular complexity index is 2170. The van der Waals surface area contributed by atoms with Crippen LogP contribution >= 0.6 is 0 Å². The highest BCUT2D eigenvalue weighted by Crippen LogP contribution is 2.45. The van der Waals surface area contributed by atoms with Crippen molar-refractivity contribution in [3.05, 3.63) is 156 Å². The highest BCUT2D eigenvalue weighted by molar-refractivity contribution is 5.90.